The zero-order valence-electron chi connectivity index (χ0n) is 14.8. The van der Waals surface area contributed by atoms with E-state index in [1.165, 1.54) is 0 Å². The van der Waals surface area contributed by atoms with Crippen LogP contribution in [0.3, 0.4) is 0 Å². The molecule has 1 unspecified atom stereocenters. The van der Waals surface area contributed by atoms with Crippen molar-refractivity contribution < 1.29 is 13.9 Å². The molecule has 1 aliphatic heterocycles. The lowest BCUT2D eigenvalue weighted by atomic mass is 10.1. The fourth-order valence-electron chi connectivity index (χ4n) is 2.96. The zero-order valence-corrected chi connectivity index (χ0v) is 15.6. The average Bonchev–Trinajstić information content (AvgIpc) is 3.26. The van der Waals surface area contributed by atoms with Gasteiger partial charge in [0.15, 0.2) is 0 Å². The second-order valence-corrected chi connectivity index (χ2v) is 7.14. The SMILES string of the molecule is CCCc1nc(C(=O)NCC(c2ccc(C)o2)N2CCOCC2)cs1. The summed E-state index contributed by atoms with van der Waals surface area (Å²) in [6, 6.07) is 3.96. The van der Waals surface area contributed by atoms with Crippen molar-refractivity contribution in [3.63, 3.8) is 0 Å². The first-order valence-corrected chi connectivity index (χ1v) is 9.66. The molecule has 1 atom stereocenters. The minimum absolute atomic E-state index is 0.00954. The van der Waals surface area contributed by atoms with Crippen molar-refractivity contribution >= 4 is 17.2 Å². The number of carbonyl (C=O) groups is 1. The number of carbonyl (C=O) groups excluding carboxylic acids is 1. The van der Waals surface area contributed by atoms with Crippen LogP contribution in [0.1, 0.15) is 46.4 Å². The van der Waals surface area contributed by atoms with Crippen molar-refractivity contribution in [2.24, 2.45) is 0 Å². The van der Waals surface area contributed by atoms with Crippen molar-refractivity contribution in [2.75, 3.05) is 32.8 Å². The lowest BCUT2D eigenvalue weighted by molar-refractivity contribution is 0.0117. The van der Waals surface area contributed by atoms with Gasteiger partial charge in [-0.05, 0) is 31.9 Å². The van der Waals surface area contributed by atoms with Gasteiger partial charge in [-0.1, -0.05) is 6.92 Å². The fraction of sp³-hybridized carbons (Fsp3) is 0.556. The van der Waals surface area contributed by atoms with Gasteiger partial charge in [-0.25, -0.2) is 4.98 Å². The molecule has 3 heterocycles. The van der Waals surface area contributed by atoms with Crippen LogP contribution >= 0.6 is 11.3 Å². The van der Waals surface area contributed by atoms with Crippen LogP contribution in [0.15, 0.2) is 21.9 Å². The van der Waals surface area contributed by atoms with Crippen LogP contribution in [-0.4, -0.2) is 48.6 Å². The molecule has 1 fully saturated rings. The number of thiazole rings is 1. The normalized spacial score (nSPS) is 16.7. The van der Waals surface area contributed by atoms with Gasteiger partial charge < -0.3 is 14.5 Å². The Balaban J connectivity index is 1.66. The first-order chi connectivity index (χ1) is 12.2. The van der Waals surface area contributed by atoms with Crippen molar-refractivity contribution in [3.05, 3.63) is 39.7 Å². The molecule has 0 aliphatic carbocycles. The lowest BCUT2D eigenvalue weighted by Gasteiger charge is -2.33. The Bertz CT molecular complexity index is 691. The summed E-state index contributed by atoms with van der Waals surface area (Å²) in [5, 5.41) is 5.87. The summed E-state index contributed by atoms with van der Waals surface area (Å²) < 4.78 is 11.3. The molecule has 2 aromatic rings. The van der Waals surface area contributed by atoms with E-state index < -0.39 is 0 Å². The van der Waals surface area contributed by atoms with Gasteiger partial charge in [0.1, 0.15) is 17.2 Å². The number of hydrogen-bond acceptors (Lipinski definition) is 6. The maximum atomic E-state index is 12.4. The highest BCUT2D eigenvalue weighted by molar-refractivity contribution is 7.09. The number of hydrogen-bond donors (Lipinski definition) is 1. The highest BCUT2D eigenvalue weighted by Gasteiger charge is 2.26. The Morgan fingerprint density at radius 3 is 2.88 bits per heavy atom. The largest absolute Gasteiger partial charge is 0.465 e. The van der Waals surface area contributed by atoms with E-state index in [1.54, 1.807) is 11.3 Å². The van der Waals surface area contributed by atoms with Crippen LogP contribution < -0.4 is 5.32 Å². The van der Waals surface area contributed by atoms with Gasteiger partial charge in [0.05, 0.1) is 24.3 Å². The number of furan rings is 1. The third kappa shape index (κ3) is 4.68. The van der Waals surface area contributed by atoms with Gasteiger partial charge in [0.25, 0.3) is 5.91 Å². The molecule has 0 bridgehead atoms. The lowest BCUT2D eigenvalue weighted by Crippen LogP contribution is -2.43. The maximum Gasteiger partial charge on any atom is 0.270 e. The van der Waals surface area contributed by atoms with Crippen molar-refractivity contribution in [2.45, 2.75) is 32.7 Å². The number of aryl methyl sites for hydroxylation is 2. The summed E-state index contributed by atoms with van der Waals surface area (Å²) in [5.74, 6) is 1.63. The molecular weight excluding hydrogens is 338 g/mol. The van der Waals surface area contributed by atoms with E-state index in [0.717, 1.165) is 42.5 Å². The molecule has 0 saturated carbocycles. The van der Waals surface area contributed by atoms with E-state index in [0.29, 0.717) is 25.5 Å². The monoisotopic (exact) mass is 363 g/mol. The Kier molecular flexibility index (Phi) is 6.23. The highest BCUT2D eigenvalue weighted by Crippen LogP contribution is 2.23. The predicted octanol–water partition coefficient (Wildman–Crippen LogP) is 2.80. The van der Waals surface area contributed by atoms with E-state index in [2.05, 4.69) is 22.1 Å². The number of aromatic nitrogens is 1. The zero-order chi connectivity index (χ0) is 17.6. The van der Waals surface area contributed by atoms with Gasteiger partial charge in [-0.15, -0.1) is 11.3 Å². The molecule has 1 saturated heterocycles. The predicted molar refractivity (Wildman–Crippen MR) is 97.0 cm³/mol. The molecule has 2 aromatic heterocycles. The minimum atomic E-state index is -0.125. The summed E-state index contributed by atoms with van der Waals surface area (Å²) in [7, 11) is 0. The second-order valence-electron chi connectivity index (χ2n) is 6.20. The number of nitrogens with zero attached hydrogens (tertiary/aromatic N) is 2. The van der Waals surface area contributed by atoms with E-state index in [9.17, 15) is 4.79 Å². The van der Waals surface area contributed by atoms with E-state index in [4.69, 9.17) is 9.15 Å². The van der Waals surface area contributed by atoms with Crippen molar-refractivity contribution in [1.82, 2.24) is 15.2 Å². The Morgan fingerprint density at radius 1 is 1.40 bits per heavy atom. The molecule has 1 N–H and O–H groups in total. The molecule has 6 nitrogen and oxygen atoms in total. The molecule has 136 valence electrons. The molecule has 0 spiro atoms. The topological polar surface area (TPSA) is 67.6 Å². The first kappa shape index (κ1) is 18.1. The molecule has 25 heavy (non-hydrogen) atoms. The molecule has 0 radical (unpaired) electrons. The molecular formula is C18H25N3O3S. The summed E-state index contributed by atoms with van der Waals surface area (Å²) in [4.78, 5) is 19.2. The fourth-order valence-corrected chi connectivity index (χ4v) is 3.84. The van der Waals surface area contributed by atoms with Crippen LogP contribution in [0, 0.1) is 6.92 Å². The smallest absolute Gasteiger partial charge is 0.270 e. The number of morpholine rings is 1. The van der Waals surface area contributed by atoms with Crippen LogP contribution in [0.25, 0.3) is 0 Å². The molecule has 1 amide bonds. The summed E-state index contributed by atoms with van der Waals surface area (Å²) in [5.41, 5.74) is 0.504. The number of nitrogens with one attached hydrogen (secondary N) is 1. The van der Waals surface area contributed by atoms with Gasteiger partial charge in [-0.3, -0.25) is 9.69 Å². The average molecular weight is 363 g/mol. The van der Waals surface area contributed by atoms with E-state index >= 15 is 0 Å². The van der Waals surface area contributed by atoms with Crippen molar-refractivity contribution in [1.29, 1.82) is 0 Å². The van der Waals surface area contributed by atoms with Crippen LogP contribution in [0.2, 0.25) is 0 Å². The third-order valence-corrected chi connectivity index (χ3v) is 5.19. The quantitative estimate of drug-likeness (QED) is 0.819. The number of rotatable bonds is 7. The van der Waals surface area contributed by atoms with Crippen LogP contribution in [0.5, 0.6) is 0 Å². The standard InChI is InChI=1S/C18H25N3O3S/c1-3-4-17-20-14(12-25-17)18(22)19-11-15(16-6-5-13(2)24-16)21-7-9-23-10-8-21/h5-6,12,15H,3-4,7-11H2,1-2H3,(H,19,22). The number of amides is 1. The minimum Gasteiger partial charge on any atom is -0.465 e. The van der Waals surface area contributed by atoms with Gasteiger partial charge in [0, 0.05) is 25.0 Å². The molecule has 1 aliphatic rings. The summed E-state index contributed by atoms with van der Waals surface area (Å²) in [6.07, 6.45) is 1.95. The summed E-state index contributed by atoms with van der Waals surface area (Å²) in [6.45, 7) is 7.61. The molecule has 3 rings (SSSR count). The van der Waals surface area contributed by atoms with E-state index in [-0.39, 0.29) is 11.9 Å². The Hall–Kier alpha value is -1.70. The van der Waals surface area contributed by atoms with E-state index in [1.807, 2.05) is 24.4 Å². The van der Waals surface area contributed by atoms with Gasteiger partial charge in [0.2, 0.25) is 0 Å². The maximum absolute atomic E-state index is 12.4. The first-order valence-electron chi connectivity index (χ1n) is 8.78. The Morgan fingerprint density at radius 2 is 2.20 bits per heavy atom. The van der Waals surface area contributed by atoms with Gasteiger partial charge >= 0.3 is 0 Å². The second kappa shape index (κ2) is 8.60. The Labute approximate surface area is 152 Å². The highest BCUT2D eigenvalue weighted by atomic mass is 32.1. The molecule has 7 heteroatoms. The van der Waals surface area contributed by atoms with Gasteiger partial charge in [-0.2, -0.15) is 0 Å². The molecule has 0 aromatic carbocycles. The number of ether oxygens (including phenoxy) is 1. The van der Waals surface area contributed by atoms with Crippen LogP contribution in [0.4, 0.5) is 0 Å². The van der Waals surface area contributed by atoms with Crippen molar-refractivity contribution in [3.8, 4) is 0 Å². The summed E-state index contributed by atoms with van der Waals surface area (Å²) >= 11 is 1.55. The third-order valence-electron chi connectivity index (χ3n) is 4.28. The van der Waals surface area contributed by atoms with Crippen LogP contribution in [-0.2, 0) is 11.2 Å².